The van der Waals surface area contributed by atoms with E-state index in [1.165, 1.54) is 11.1 Å². The number of piperazine rings is 1. The van der Waals surface area contributed by atoms with Crippen molar-refractivity contribution in [2.75, 3.05) is 69.1 Å². The second kappa shape index (κ2) is 13.5. The van der Waals surface area contributed by atoms with Crippen LogP contribution in [0.25, 0.3) is 0 Å². The van der Waals surface area contributed by atoms with Crippen LogP contribution < -0.4 is 15.5 Å². The highest BCUT2D eigenvalue weighted by molar-refractivity contribution is 5.93. The fourth-order valence-electron chi connectivity index (χ4n) is 6.08. The summed E-state index contributed by atoms with van der Waals surface area (Å²) in [4.78, 5) is 49.6. The van der Waals surface area contributed by atoms with Crippen LogP contribution in [0.5, 0.6) is 0 Å². The van der Waals surface area contributed by atoms with E-state index in [1.54, 1.807) is 19.9 Å². The summed E-state index contributed by atoms with van der Waals surface area (Å²) in [6, 6.07) is 12.3. The van der Waals surface area contributed by atoms with Gasteiger partial charge in [0.05, 0.1) is 6.10 Å². The molecule has 0 bridgehead atoms. The molecule has 0 saturated carbocycles. The predicted molar refractivity (Wildman–Crippen MR) is 161 cm³/mol. The number of nitrogens with zero attached hydrogens (tertiary/aromatic N) is 5. The number of likely N-dealkylation sites (tertiary alicyclic amines) is 1. The number of nitrogens with one attached hydrogen (secondary N) is 2. The molecular formula is C31H43N7O4. The lowest BCUT2D eigenvalue weighted by Crippen LogP contribution is -2.48. The molecule has 0 spiro atoms. The van der Waals surface area contributed by atoms with Crippen LogP contribution in [0.3, 0.4) is 0 Å². The van der Waals surface area contributed by atoms with E-state index in [-0.39, 0.29) is 36.0 Å². The number of benzene rings is 1. The van der Waals surface area contributed by atoms with Gasteiger partial charge in [-0.15, -0.1) is 0 Å². The van der Waals surface area contributed by atoms with Gasteiger partial charge in [0, 0.05) is 97.1 Å². The van der Waals surface area contributed by atoms with Gasteiger partial charge in [0.1, 0.15) is 11.5 Å². The van der Waals surface area contributed by atoms with E-state index < -0.39 is 6.10 Å². The highest BCUT2D eigenvalue weighted by atomic mass is 16.3. The number of hydrogen-bond donors (Lipinski definition) is 3. The smallest absolute Gasteiger partial charge is 0.270 e. The molecule has 4 heterocycles. The Morgan fingerprint density at radius 2 is 1.60 bits per heavy atom. The second-order valence-electron chi connectivity index (χ2n) is 11.6. The fourth-order valence-corrected chi connectivity index (χ4v) is 6.08. The van der Waals surface area contributed by atoms with E-state index >= 15 is 0 Å². The number of rotatable bonds is 8. The van der Waals surface area contributed by atoms with E-state index in [1.807, 2.05) is 21.9 Å². The van der Waals surface area contributed by atoms with Gasteiger partial charge in [-0.25, -0.2) is 4.98 Å². The van der Waals surface area contributed by atoms with Crippen molar-refractivity contribution in [3.8, 4) is 0 Å². The zero-order valence-corrected chi connectivity index (χ0v) is 24.7. The van der Waals surface area contributed by atoms with Crippen LogP contribution in [-0.2, 0) is 22.6 Å². The molecule has 3 aliphatic heterocycles. The summed E-state index contributed by atoms with van der Waals surface area (Å²) >= 11 is 0. The van der Waals surface area contributed by atoms with Crippen LogP contribution in [0.15, 0.2) is 36.4 Å². The Bertz CT molecular complexity index is 1270. The first kappa shape index (κ1) is 29.8. The lowest BCUT2D eigenvalue weighted by Gasteiger charge is -2.35. The average molecular weight is 578 g/mol. The van der Waals surface area contributed by atoms with Crippen molar-refractivity contribution in [2.24, 2.45) is 0 Å². The molecular weight excluding hydrogens is 534 g/mol. The van der Waals surface area contributed by atoms with Gasteiger partial charge in [0.15, 0.2) is 0 Å². The highest BCUT2D eigenvalue weighted by Gasteiger charge is 2.25. The zero-order valence-electron chi connectivity index (χ0n) is 24.7. The number of aromatic nitrogens is 1. The molecule has 5 rings (SSSR count). The maximum Gasteiger partial charge on any atom is 0.270 e. The minimum Gasteiger partial charge on any atom is -0.390 e. The molecule has 1 aromatic heterocycles. The van der Waals surface area contributed by atoms with Gasteiger partial charge in [0.25, 0.3) is 5.91 Å². The number of aliphatic hydroxyl groups is 1. The maximum atomic E-state index is 13.3. The minimum atomic E-state index is -0.703. The number of anilines is 2. The summed E-state index contributed by atoms with van der Waals surface area (Å²) in [5.74, 6) is 0.497. The largest absolute Gasteiger partial charge is 0.390 e. The summed E-state index contributed by atoms with van der Waals surface area (Å²) < 4.78 is 0. The van der Waals surface area contributed by atoms with E-state index in [0.717, 1.165) is 38.0 Å². The van der Waals surface area contributed by atoms with Crippen molar-refractivity contribution in [1.82, 2.24) is 25.0 Å². The van der Waals surface area contributed by atoms with Crippen molar-refractivity contribution >= 4 is 29.2 Å². The normalized spacial score (nSPS) is 18.8. The molecule has 2 saturated heterocycles. The Morgan fingerprint density at radius 3 is 2.29 bits per heavy atom. The fraction of sp³-hybridized carbons (Fsp3) is 0.548. The number of aliphatic hydroxyl groups excluding tert-OH is 1. The van der Waals surface area contributed by atoms with Crippen molar-refractivity contribution in [1.29, 1.82) is 0 Å². The molecule has 11 heteroatoms. The van der Waals surface area contributed by atoms with E-state index in [9.17, 15) is 19.5 Å². The van der Waals surface area contributed by atoms with E-state index in [4.69, 9.17) is 4.98 Å². The SMILES string of the molecule is CC(=O)N1CCC(Nc2cc(C(=O)NC[C@H](O)CN3CCc4ccccc4C3)nc(N3CCN(C(C)=O)CC3)c2)CC1. The van der Waals surface area contributed by atoms with Gasteiger partial charge in [-0.1, -0.05) is 24.3 Å². The van der Waals surface area contributed by atoms with Gasteiger partial charge in [-0.3, -0.25) is 19.3 Å². The molecule has 226 valence electrons. The van der Waals surface area contributed by atoms with E-state index in [2.05, 4.69) is 38.6 Å². The average Bonchev–Trinajstić information content (AvgIpc) is 3.00. The first-order chi connectivity index (χ1) is 20.2. The molecule has 11 nitrogen and oxygen atoms in total. The standard InChI is InChI=1S/C31H43N7O4/c1-22(39)36-11-8-26(9-12-36)33-27-17-29(34-30(18-27)38-15-13-37(14-16-38)23(2)40)31(42)32-19-28(41)21-35-10-7-24-5-3-4-6-25(24)20-35/h3-6,17-18,26,28,41H,7-16,19-21H2,1-2H3,(H,32,42)(H,33,34)/t28-/m0/s1. The molecule has 3 aliphatic rings. The molecule has 1 aromatic carbocycles. The van der Waals surface area contributed by atoms with Gasteiger partial charge in [-0.05, 0) is 36.5 Å². The number of amides is 3. The summed E-state index contributed by atoms with van der Waals surface area (Å²) in [5.41, 5.74) is 3.73. The van der Waals surface area contributed by atoms with Crippen LogP contribution in [0.2, 0.25) is 0 Å². The summed E-state index contributed by atoms with van der Waals surface area (Å²) in [5, 5.41) is 17.2. The number of carbonyl (C=O) groups is 3. The number of β-amino-alcohol motifs (C(OH)–C–C–N with tert-alkyl or cyclic N) is 1. The summed E-state index contributed by atoms with van der Waals surface area (Å²) in [6.07, 6.45) is 1.90. The molecule has 2 fully saturated rings. The first-order valence-electron chi connectivity index (χ1n) is 15.0. The molecule has 42 heavy (non-hydrogen) atoms. The molecule has 0 radical (unpaired) electrons. The van der Waals surface area contributed by atoms with Crippen LogP contribution in [-0.4, -0.2) is 114 Å². The third-order valence-corrected chi connectivity index (χ3v) is 8.58. The van der Waals surface area contributed by atoms with Gasteiger partial charge in [-0.2, -0.15) is 0 Å². The lowest BCUT2D eigenvalue weighted by atomic mass is 10.00. The maximum absolute atomic E-state index is 13.3. The van der Waals surface area contributed by atoms with Crippen molar-refractivity contribution in [3.05, 3.63) is 53.2 Å². The van der Waals surface area contributed by atoms with Crippen LogP contribution in [0.1, 0.15) is 48.3 Å². The van der Waals surface area contributed by atoms with Gasteiger partial charge in [0.2, 0.25) is 11.8 Å². The summed E-state index contributed by atoms with van der Waals surface area (Å²) in [6.45, 7) is 9.33. The first-order valence-corrected chi connectivity index (χ1v) is 15.0. The quantitative estimate of drug-likeness (QED) is 0.430. The van der Waals surface area contributed by atoms with Crippen LogP contribution in [0, 0.1) is 0 Å². The Hall–Kier alpha value is -3.70. The van der Waals surface area contributed by atoms with Crippen molar-refractivity contribution < 1.29 is 19.5 Å². The highest BCUT2D eigenvalue weighted by Crippen LogP contribution is 2.24. The number of fused-ring (bicyclic) bond motifs is 1. The molecule has 0 aliphatic carbocycles. The lowest BCUT2D eigenvalue weighted by molar-refractivity contribution is -0.130. The molecule has 3 N–H and O–H groups in total. The Kier molecular flexibility index (Phi) is 9.58. The second-order valence-corrected chi connectivity index (χ2v) is 11.6. The Labute approximate surface area is 247 Å². The summed E-state index contributed by atoms with van der Waals surface area (Å²) in [7, 11) is 0. The van der Waals surface area contributed by atoms with Crippen molar-refractivity contribution in [2.45, 2.75) is 51.8 Å². The molecule has 1 atom stereocenters. The topological polar surface area (TPSA) is 121 Å². The third kappa shape index (κ3) is 7.57. The predicted octanol–water partition coefficient (Wildman–Crippen LogP) is 1.32. The molecule has 0 unspecified atom stereocenters. The van der Waals surface area contributed by atoms with E-state index in [0.29, 0.717) is 51.6 Å². The van der Waals surface area contributed by atoms with Crippen molar-refractivity contribution in [3.63, 3.8) is 0 Å². The van der Waals surface area contributed by atoms with Gasteiger partial charge < -0.3 is 30.4 Å². The molecule has 3 amide bonds. The third-order valence-electron chi connectivity index (χ3n) is 8.58. The monoisotopic (exact) mass is 577 g/mol. The van der Waals surface area contributed by atoms with Crippen LogP contribution in [0.4, 0.5) is 11.5 Å². The Balaban J connectivity index is 1.22. The van der Waals surface area contributed by atoms with Crippen LogP contribution >= 0.6 is 0 Å². The Morgan fingerprint density at radius 1 is 0.929 bits per heavy atom. The zero-order chi connectivity index (χ0) is 29.6. The number of carbonyl (C=O) groups excluding carboxylic acids is 3. The number of piperidine rings is 1. The molecule has 2 aromatic rings. The minimum absolute atomic E-state index is 0.0577. The van der Waals surface area contributed by atoms with Gasteiger partial charge >= 0.3 is 0 Å². The number of pyridine rings is 1. The number of hydrogen-bond acceptors (Lipinski definition) is 8.